The van der Waals surface area contributed by atoms with Gasteiger partial charge in [-0.1, -0.05) is 12.1 Å². The van der Waals surface area contributed by atoms with Crippen molar-refractivity contribution in [2.24, 2.45) is 0 Å². The summed E-state index contributed by atoms with van der Waals surface area (Å²) in [6.45, 7) is 1.75. The van der Waals surface area contributed by atoms with Gasteiger partial charge in [0.2, 0.25) is 0 Å². The van der Waals surface area contributed by atoms with Crippen molar-refractivity contribution in [2.75, 3.05) is 19.8 Å². The predicted molar refractivity (Wildman–Crippen MR) is 57.7 cm³/mol. The number of nitrogens with one attached hydrogen (secondary N) is 1. The first-order valence-corrected chi connectivity index (χ1v) is 5.34. The van der Waals surface area contributed by atoms with Crippen molar-refractivity contribution in [3.63, 3.8) is 0 Å². The highest BCUT2D eigenvalue weighted by Crippen LogP contribution is 2.07. The average Bonchev–Trinajstić information content (AvgIpc) is 2.30. The van der Waals surface area contributed by atoms with E-state index in [1.807, 2.05) is 0 Å². The van der Waals surface area contributed by atoms with E-state index in [4.69, 9.17) is 4.74 Å². The molecule has 0 amide bonds. The fraction of sp³-hybridized carbons (Fsp3) is 0.417. The molecule has 0 spiro atoms. The molecule has 16 heavy (non-hydrogen) atoms. The summed E-state index contributed by atoms with van der Waals surface area (Å²) in [6, 6.07) is 5.88. The van der Waals surface area contributed by atoms with Gasteiger partial charge < -0.3 is 10.1 Å². The second kappa shape index (κ2) is 5.18. The van der Waals surface area contributed by atoms with E-state index in [9.17, 15) is 9.18 Å². The number of ketones is 1. The zero-order valence-corrected chi connectivity index (χ0v) is 8.91. The third kappa shape index (κ3) is 2.87. The van der Waals surface area contributed by atoms with Gasteiger partial charge in [0.05, 0.1) is 19.3 Å². The van der Waals surface area contributed by atoms with E-state index < -0.39 is 0 Å². The van der Waals surface area contributed by atoms with Gasteiger partial charge in [0.1, 0.15) is 5.82 Å². The minimum absolute atomic E-state index is 0.0466. The first-order valence-electron chi connectivity index (χ1n) is 5.34. The fourth-order valence-corrected chi connectivity index (χ4v) is 1.74. The molecule has 1 saturated heterocycles. The Balaban J connectivity index is 1.96. The van der Waals surface area contributed by atoms with E-state index in [-0.39, 0.29) is 24.1 Å². The Morgan fingerprint density at radius 3 is 3.12 bits per heavy atom. The lowest BCUT2D eigenvalue weighted by Crippen LogP contribution is -2.47. The van der Waals surface area contributed by atoms with Crippen LogP contribution < -0.4 is 5.32 Å². The lowest BCUT2D eigenvalue weighted by molar-refractivity contribution is -0.123. The van der Waals surface area contributed by atoms with E-state index in [0.29, 0.717) is 25.3 Å². The normalized spacial score (nSPS) is 20.7. The zero-order valence-electron chi connectivity index (χ0n) is 8.91. The summed E-state index contributed by atoms with van der Waals surface area (Å²) in [5.41, 5.74) is 0.706. The Hall–Kier alpha value is -1.26. The number of rotatable bonds is 3. The summed E-state index contributed by atoms with van der Waals surface area (Å²) in [6.07, 6.45) is 0.249. The second-order valence-corrected chi connectivity index (χ2v) is 3.85. The van der Waals surface area contributed by atoms with Crippen LogP contribution in [0, 0.1) is 5.82 Å². The summed E-state index contributed by atoms with van der Waals surface area (Å²) in [7, 11) is 0. The molecule has 1 fully saturated rings. The molecule has 1 heterocycles. The Kier molecular flexibility index (Phi) is 3.64. The molecule has 4 heteroatoms. The van der Waals surface area contributed by atoms with Gasteiger partial charge in [0, 0.05) is 13.0 Å². The van der Waals surface area contributed by atoms with E-state index in [1.54, 1.807) is 12.1 Å². The van der Waals surface area contributed by atoms with Crippen molar-refractivity contribution in [1.82, 2.24) is 5.32 Å². The minimum atomic E-state index is -0.307. The van der Waals surface area contributed by atoms with Crippen molar-refractivity contribution in [1.29, 1.82) is 0 Å². The Morgan fingerprint density at radius 2 is 2.44 bits per heavy atom. The van der Waals surface area contributed by atoms with Crippen molar-refractivity contribution >= 4 is 5.78 Å². The van der Waals surface area contributed by atoms with Gasteiger partial charge in [0.15, 0.2) is 5.78 Å². The van der Waals surface area contributed by atoms with Gasteiger partial charge in [0.25, 0.3) is 0 Å². The third-order valence-electron chi connectivity index (χ3n) is 2.58. The van der Waals surface area contributed by atoms with Crippen LogP contribution >= 0.6 is 0 Å². The van der Waals surface area contributed by atoms with Crippen LogP contribution in [0.4, 0.5) is 4.39 Å². The van der Waals surface area contributed by atoms with Gasteiger partial charge in [-0.05, 0) is 17.7 Å². The smallest absolute Gasteiger partial charge is 0.156 e. The predicted octanol–water partition coefficient (Wildman–Crippen LogP) is 0.926. The molecule has 86 valence electrons. The van der Waals surface area contributed by atoms with Crippen LogP contribution in [0.2, 0.25) is 0 Å². The number of benzene rings is 1. The van der Waals surface area contributed by atoms with E-state index in [1.165, 1.54) is 12.1 Å². The van der Waals surface area contributed by atoms with Gasteiger partial charge in [-0.3, -0.25) is 4.79 Å². The number of carbonyl (C=O) groups is 1. The molecule has 1 unspecified atom stereocenters. The largest absolute Gasteiger partial charge is 0.378 e. The lowest BCUT2D eigenvalue weighted by atomic mass is 10.0. The SMILES string of the molecule is O=C(Cc1cccc(F)c1)C1COCCN1. The topological polar surface area (TPSA) is 38.3 Å². The van der Waals surface area contributed by atoms with Crippen LogP contribution in [0.3, 0.4) is 0 Å². The van der Waals surface area contributed by atoms with E-state index >= 15 is 0 Å². The van der Waals surface area contributed by atoms with Crippen LogP contribution in [0.25, 0.3) is 0 Å². The van der Waals surface area contributed by atoms with Crippen molar-refractivity contribution in [3.8, 4) is 0 Å². The van der Waals surface area contributed by atoms with Crippen molar-refractivity contribution < 1.29 is 13.9 Å². The number of hydrogen-bond acceptors (Lipinski definition) is 3. The quantitative estimate of drug-likeness (QED) is 0.828. The number of halogens is 1. The molecule has 0 radical (unpaired) electrons. The highest BCUT2D eigenvalue weighted by molar-refractivity contribution is 5.86. The molecule has 0 aromatic heterocycles. The van der Waals surface area contributed by atoms with Crippen LogP contribution in [0.5, 0.6) is 0 Å². The molecular formula is C12H14FNO2. The van der Waals surface area contributed by atoms with Crippen LogP contribution in [-0.4, -0.2) is 31.6 Å². The summed E-state index contributed by atoms with van der Waals surface area (Å²) in [4.78, 5) is 11.8. The summed E-state index contributed by atoms with van der Waals surface area (Å²) < 4.78 is 18.1. The van der Waals surface area contributed by atoms with Gasteiger partial charge in [-0.25, -0.2) is 4.39 Å². The molecule has 1 N–H and O–H groups in total. The monoisotopic (exact) mass is 223 g/mol. The number of ether oxygens (including phenoxy) is 1. The molecule has 2 rings (SSSR count). The maximum absolute atomic E-state index is 12.9. The Labute approximate surface area is 93.6 Å². The second-order valence-electron chi connectivity index (χ2n) is 3.85. The fourth-order valence-electron chi connectivity index (χ4n) is 1.74. The van der Waals surface area contributed by atoms with Crippen LogP contribution in [-0.2, 0) is 16.0 Å². The van der Waals surface area contributed by atoms with E-state index in [0.717, 1.165) is 0 Å². The maximum Gasteiger partial charge on any atom is 0.156 e. The number of carbonyl (C=O) groups excluding carboxylic acids is 1. The van der Waals surface area contributed by atoms with E-state index in [2.05, 4.69) is 5.32 Å². The number of morpholine rings is 1. The molecule has 0 saturated carbocycles. The van der Waals surface area contributed by atoms with Gasteiger partial charge in [-0.2, -0.15) is 0 Å². The molecule has 1 aliphatic heterocycles. The summed E-state index contributed by atoms with van der Waals surface area (Å²) in [5, 5.41) is 3.09. The highest BCUT2D eigenvalue weighted by atomic mass is 19.1. The molecule has 0 bridgehead atoms. The minimum Gasteiger partial charge on any atom is -0.378 e. The maximum atomic E-state index is 12.9. The summed E-state index contributed by atoms with van der Waals surface area (Å²) in [5.74, 6) is -0.261. The molecule has 1 atom stereocenters. The molecular weight excluding hydrogens is 209 g/mol. The lowest BCUT2D eigenvalue weighted by Gasteiger charge is -2.22. The molecule has 0 aliphatic carbocycles. The third-order valence-corrected chi connectivity index (χ3v) is 2.58. The number of hydrogen-bond donors (Lipinski definition) is 1. The highest BCUT2D eigenvalue weighted by Gasteiger charge is 2.20. The van der Waals surface area contributed by atoms with Crippen molar-refractivity contribution in [3.05, 3.63) is 35.6 Å². The van der Waals surface area contributed by atoms with Gasteiger partial charge >= 0.3 is 0 Å². The summed E-state index contributed by atoms with van der Waals surface area (Å²) >= 11 is 0. The van der Waals surface area contributed by atoms with Gasteiger partial charge in [-0.15, -0.1) is 0 Å². The first-order chi connectivity index (χ1) is 7.75. The zero-order chi connectivity index (χ0) is 11.4. The average molecular weight is 223 g/mol. The van der Waals surface area contributed by atoms with Crippen LogP contribution in [0.15, 0.2) is 24.3 Å². The molecule has 1 aromatic carbocycles. The Morgan fingerprint density at radius 1 is 1.56 bits per heavy atom. The van der Waals surface area contributed by atoms with Crippen molar-refractivity contribution in [2.45, 2.75) is 12.5 Å². The molecule has 3 nitrogen and oxygen atoms in total. The first kappa shape index (κ1) is 11.2. The Bertz CT molecular complexity index is 375. The molecule has 1 aromatic rings. The number of Topliss-reactive ketones (excluding diaryl/α,β-unsaturated/α-hetero) is 1. The van der Waals surface area contributed by atoms with Crippen LogP contribution in [0.1, 0.15) is 5.56 Å². The molecule has 1 aliphatic rings. The standard InChI is InChI=1S/C12H14FNO2/c13-10-3-1-2-9(6-10)7-12(15)11-8-16-5-4-14-11/h1-3,6,11,14H,4-5,7-8H2.